The number of morpholine rings is 1. The van der Waals surface area contributed by atoms with Gasteiger partial charge < -0.3 is 29.5 Å². The Labute approximate surface area is 388 Å². The molecule has 11 rings (SSSR count). The highest BCUT2D eigenvalue weighted by Gasteiger charge is 2.76. The number of hydrogen-bond donors (Lipinski definition) is 2. The predicted octanol–water partition coefficient (Wildman–Crippen LogP) is 7.60. The number of esters is 1. The molecule has 6 aromatic carbocycles. The van der Waals surface area contributed by atoms with Crippen LogP contribution in [0.3, 0.4) is 0 Å². The number of urea groups is 1. The third-order valence-electron chi connectivity index (χ3n) is 14.2. The molecule has 1 spiro atoms. The quantitative estimate of drug-likeness (QED) is 0.147. The largest absolute Gasteiger partial charge is 0.508 e. The third-order valence-corrected chi connectivity index (χ3v) is 14.2. The van der Waals surface area contributed by atoms with Gasteiger partial charge in [0.15, 0.2) is 11.5 Å². The lowest BCUT2D eigenvalue weighted by atomic mass is 9.65. The summed E-state index contributed by atoms with van der Waals surface area (Å²) in [6.45, 7) is 4.36. The zero-order valence-corrected chi connectivity index (χ0v) is 36.8. The molecule has 3 fully saturated rings. The maximum absolute atomic E-state index is 16.4. The Morgan fingerprint density at radius 3 is 2.07 bits per heavy atom. The normalized spacial score (nSPS) is 24.8. The number of amides is 4. The molecule has 3 saturated heterocycles. The van der Waals surface area contributed by atoms with Gasteiger partial charge in [0, 0.05) is 32.7 Å². The Kier molecular flexibility index (Phi) is 10.7. The van der Waals surface area contributed by atoms with Crippen molar-refractivity contribution in [1.29, 1.82) is 0 Å². The number of cyclic esters (lactones) is 1. The van der Waals surface area contributed by atoms with Crippen LogP contribution in [0.4, 0.5) is 10.5 Å². The van der Waals surface area contributed by atoms with E-state index in [-0.39, 0.29) is 18.4 Å². The maximum atomic E-state index is 16.4. The second-order valence-electron chi connectivity index (χ2n) is 17.9. The highest BCUT2D eigenvalue weighted by molar-refractivity contribution is 6.24. The molecular weight excluding hydrogens is 847 g/mol. The number of rotatable bonds is 8. The number of hydrogen-bond acceptors (Lipinski definition) is 10. The van der Waals surface area contributed by atoms with Gasteiger partial charge in [-0.3, -0.25) is 24.2 Å². The van der Waals surface area contributed by atoms with E-state index in [0.29, 0.717) is 61.0 Å². The fraction of sp³-hybridized carbons (Fsp3) is 0.259. The van der Waals surface area contributed by atoms with E-state index in [4.69, 9.17) is 14.2 Å². The molecule has 5 heterocycles. The van der Waals surface area contributed by atoms with Crippen LogP contribution in [0.1, 0.15) is 64.5 Å². The van der Waals surface area contributed by atoms with Gasteiger partial charge in [-0.2, -0.15) is 0 Å². The molecule has 7 atom stereocenters. The van der Waals surface area contributed by atoms with Crippen LogP contribution in [0, 0.1) is 5.92 Å². The van der Waals surface area contributed by atoms with Gasteiger partial charge in [-0.15, -0.1) is 0 Å². The molecule has 0 saturated carbocycles. The summed E-state index contributed by atoms with van der Waals surface area (Å²) in [5, 5.41) is 13.8. The number of phenolic OH excluding ortho intramolecular Hbond substituents is 1. The van der Waals surface area contributed by atoms with Crippen LogP contribution >= 0.6 is 0 Å². The molecule has 13 heteroatoms. The van der Waals surface area contributed by atoms with Crippen molar-refractivity contribution >= 4 is 29.5 Å². The van der Waals surface area contributed by atoms with Crippen molar-refractivity contribution in [2.45, 2.75) is 49.2 Å². The van der Waals surface area contributed by atoms with Crippen LogP contribution in [0.15, 0.2) is 158 Å². The number of phenols is 1. The van der Waals surface area contributed by atoms with E-state index in [1.165, 1.54) is 4.90 Å². The molecular formula is C54H49N5O8. The first-order valence-corrected chi connectivity index (χ1v) is 22.8. The fourth-order valence-corrected chi connectivity index (χ4v) is 11.2. The van der Waals surface area contributed by atoms with Gasteiger partial charge >= 0.3 is 12.0 Å². The van der Waals surface area contributed by atoms with E-state index < -0.39 is 59.5 Å². The Hall–Kier alpha value is -7.48. The highest BCUT2D eigenvalue weighted by Crippen LogP contribution is 2.66. The van der Waals surface area contributed by atoms with Gasteiger partial charge in [0.25, 0.3) is 0 Å². The minimum atomic E-state index is -1.86. The van der Waals surface area contributed by atoms with E-state index in [2.05, 4.69) is 10.2 Å². The predicted molar refractivity (Wildman–Crippen MR) is 248 cm³/mol. The van der Waals surface area contributed by atoms with Crippen LogP contribution in [-0.2, 0) is 31.1 Å². The molecule has 0 unspecified atom stereocenters. The van der Waals surface area contributed by atoms with Crippen molar-refractivity contribution in [3.63, 3.8) is 0 Å². The van der Waals surface area contributed by atoms with Gasteiger partial charge in [0.2, 0.25) is 18.6 Å². The Bertz CT molecular complexity index is 2840. The second kappa shape index (κ2) is 17.1. The van der Waals surface area contributed by atoms with Crippen LogP contribution in [0.2, 0.25) is 0 Å². The topological polar surface area (TPSA) is 141 Å². The third kappa shape index (κ3) is 7.08. The van der Waals surface area contributed by atoms with Crippen LogP contribution in [-0.4, -0.2) is 82.6 Å². The lowest BCUT2D eigenvalue weighted by Crippen LogP contribution is -2.59. The summed E-state index contributed by atoms with van der Waals surface area (Å²) in [7, 11) is 0. The van der Waals surface area contributed by atoms with Gasteiger partial charge in [0.1, 0.15) is 23.3 Å². The van der Waals surface area contributed by atoms with E-state index in [1.807, 2.05) is 133 Å². The SMILES string of the molecule is C[C@@H](NC(=O)N1C(=O)[C@@]2(c3ccccc31)[C@H](C(=O)N1CCN(Cc3ccc4c(c3)OCO4)CC1)[C@H]1C(=O)O[C@H](c3ccccc3)[C@H](c3ccccc3)N1[C@@H]2c1ccc(O)cc1)c1ccccc1. The Morgan fingerprint density at radius 2 is 1.36 bits per heavy atom. The summed E-state index contributed by atoms with van der Waals surface area (Å²) in [5.74, 6) is -1.61. The average Bonchev–Trinajstić information content (AvgIpc) is 4.04. The number of carbonyl (C=O) groups is 4. The molecule has 0 bridgehead atoms. The van der Waals surface area contributed by atoms with Crippen molar-refractivity contribution in [3.05, 3.63) is 191 Å². The van der Waals surface area contributed by atoms with Gasteiger partial charge in [-0.25, -0.2) is 9.69 Å². The summed E-state index contributed by atoms with van der Waals surface area (Å²) in [6, 6.07) is 44.2. The first-order valence-electron chi connectivity index (χ1n) is 22.8. The minimum absolute atomic E-state index is 0.00692. The monoisotopic (exact) mass is 895 g/mol. The first-order chi connectivity index (χ1) is 32.7. The Balaban J connectivity index is 1.07. The summed E-state index contributed by atoms with van der Waals surface area (Å²) in [4.78, 5) is 70.0. The fourth-order valence-electron chi connectivity index (χ4n) is 11.2. The number of piperazine rings is 1. The number of para-hydroxylation sites is 1. The maximum Gasteiger partial charge on any atom is 0.329 e. The molecule has 13 nitrogen and oxygen atoms in total. The molecule has 4 amide bonds. The number of carbonyl (C=O) groups excluding carboxylic acids is 4. The summed E-state index contributed by atoms with van der Waals surface area (Å²) >= 11 is 0. The first kappa shape index (κ1) is 42.2. The molecule has 0 aliphatic carbocycles. The van der Waals surface area contributed by atoms with Crippen molar-refractivity contribution in [3.8, 4) is 17.2 Å². The van der Waals surface area contributed by atoms with Crippen molar-refractivity contribution in [1.82, 2.24) is 20.0 Å². The van der Waals surface area contributed by atoms with E-state index in [1.54, 1.807) is 41.3 Å². The number of nitrogens with one attached hydrogen (secondary N) is 1. The molecule has 5 aliphatic rings. The zero-order valence-electron chi connectivity index (χ0n) is 36.8. The van der Waals surface area contributed by atoms with E-state index in [0.717, 1.165) is 22.3 Å². The van der Waals surface area contributed by atoms with Crippen molar-refractivity contribution in [2.24, 2.45) is 5.92 Å². The smallest absolute Gasteiger partial charge is 0.329 e. The van der Waals surface area contributed by atoms with Crippen LogP contribution < -0.4 is 19.7 Å². The average molecular weight is 896 g/mol. The van der Waals surface area contributed by atoms with Crippen molar-refractivity contribution < 1.29 is 38.5 Å². The second-order valence-corrected chi connectivity index (χ2v) is 17.9. The molecule has 67 heavy (non-hydrogen) atoms. The number of nitrogens with zero attached hydrogens (tertiary/aromatic N) is 4. The molecule has 2 N–H and O–H groups in total. The van der Waals surface area contributed by atoms with Gasteiger partial charge in [-0.05, 0) is 70.6 Å². The number of fused-ring (bicyclic) bond motifs is 4. The standard InChI is InChI=1S/C54H49N5O8/c1-34(36-13-5-2-6-14-36)55-53(64)58-42-20-12-11-19-41(42)54(52(58)63)45(50(61)57-29-27-56(28-30-57)32-35-21-26-43-44(31-35)66-33-65-43)47-51(62)67-48(38-17-9-4-10-18-38)46(37-15-7-3-8-16-37)59(47)49(54)39-22-24-40(60)25-23-39/h2-26,31,34,45-49,60H,27-30,32-33H2,1H3,(H,55,64)/t34-,45+,46+,47+,48-,49-,54+/m1/s1. The number of ether oxygens (including phenoxy) is 3. The molecule has 0 radical (unpaired) electrons. The summed E-state index contributed by atoms with van der Waals surface area (Å²) < 4.78 is 17.8. The summed E-state index contributed by atoms with van der Waals surface area (Å²) in [6.07, 6.45) is -0.851. The molecule has 338 valence electrons. The van der Waals surface area contributed by atoms with Gasteiger partial charge in [0.05, 0.1) is 29.7 Å². The highest BCUT2D eigenvalue weighted by atomic mass is 16.7. The van der Waals surface area contributed by atoms with Crippen LogP contribution in [0.25, 0.3) is 0 Å². The Morgan fingerprint density at radius 1 is 0.716 bits per heavy atom. The molecule has 6 aromatic rings. The number of benzene rings is 6. The van der Waals surface area contributed by atoms with E-state index >= 15 is 14.4 Å². The zero-order chi connectivity index (χ0) is 45.8. The number of anilines is 1. The van der Waals surface area contributed by atoms with Crippen molar-refractivity contribution in [2.75, 3.05) is 37.9 Å². The molecule has 0 aromatic heterocycles. The lowest BCUT2D eigenvalue weighted by Gasteiger charge is -2.46. The number of aromatic hydroxyl groups is 1. The summed E-state index contributed by atoms with van der Waals surface area (Å²) in [5.41, 5.74) is 2.93. The van der Waals surface area contributed by atoms with E-state index in [9.17, 15) is 9.90 Å². The minimum Gasteiger partial charge on any atom is -0.508 e. The van der Waals surface area contributed by atoms with Gasteiger partial charge in [-0.1, -0.05) is 127 Å². The number of imide groups is 1. The lowest BCUT2D eigenvalue weighted by molar-refractivity contribution is -0.179. The molecule has 5 aliphatic heterocycles. The van der Waals surface area contributed by atoms with Crippen LogP contribution in [0.5, 0.6) is 17.2 Å².